The predicted octanol–water partition coefficient (Wildman–Crippen LogP) is -2.80. The number of hydrogen-bond acceptors (Lipinski definition) is 4. The topological polar surface area (TPSA) is 74.1 Å². The molecule has 0 saturated carbocycles. The minimum Gasteiger partial charge on any atom is -0.550 e. The van der Waals surface area contributed by atoms with E-state index in [1.807, 2.05) is 11.0 Å². The predicted molar refractivity (Wildman–Crippen MR) is 70.1 cm³/mol. The Bertz CT molecular complexity index is 526. The monoisotopic (exact) mass is 292 g/mol. The maximum absolute atomic E-state index is 12.8. The van der Waals surface area contributed by atoms with Gasteiger partial charge in [-0.1, -0.05) is 12.2 Å². The van der Waals surface area contributed by atoms with Crippen molar-refractivity contribution >= 4 is 11.9 Å². The van der Waals surface area contributed by atoms with Crippen LogP contribution in [-0.4, -0.2) is 61.2 Å². The van der Waals surface area contributed by atoms with Crippen LogP contribution in [0.25, 0.3) is 0 Å². The molecule has 3 fully saturated rings. The molecular weight excluding hydrogens is 272 g/mol. The Labute approximate surface area is 123 Å². The number of fused-ring (bicyclic) bond motifs is 1. The van der Waals surface area contributed by atoms with Gasteiger partial charge in [-0.2, -0.15) is 0 Å². The molecule has 0 aliphatic carbocycles. The van der Waals surface area contributed by atoms with Crippen LogP contribution in [0.4, 0.5) is 0 Å². The van der Waals surface area contributed by atoms with Gasteiger partial charge in [-0.3, -0.25) is 4.79 Å². The summed E-state index contributed by atoms with van der Waals surface area (Å²) in [5, 5.41) is 11.4. The van der Waals surface area contributed by atoms with Gasteiger partial charge in [0.2, 0.25) is 5.91 Å². The van der Waals surface area contributed by atoms with Crippen molar-refractivity contribution in [2.45, 2.75) is 30.6 Å². The van der Waals surface area contributed by atoms with Gasteiger partial charge in [-0.05, 0) is 0 Å². The summed E-state index contributed by atoms with van der Waals surface area (Å²) in [6, 6.07) is 0.222. The average Bonchev–Trinajstić information content (AvgIpc) is 3.08. The fraction of sp³-hybridized carbons (Fsp3) is 0.733. The van der Waals surface area contributed by atoms with Crippen LogP contribution in [0.5, 0.6) is 0 Å². The van der Waals surface area contributed by atoms with Crippen molar-refractivity contribution in [2.24, 2.45) is 11.8 Å². The second-order valence-corrected chi connectivity index (χ2v) is 6.87. The third-order valence-corrected chi connectivity index (χ3v) is 5.65. The van der Waals surface area contributed by atoms with Crippen molar-refractivity contribution < 1.29 is 24.3 Å². The molecule has 6 nitrogen and oxygen atoms in total. The first-order valence-electron chi connectivity index (χ1n) is 7.72. The molecular formula is C15H20N2O4. The van der Waals surface area contributed by atoms with Crippen molar-refractivity contribution in [2.75, 3.05) is 26.7 Å². The summed E-state index contributed by atoms with van der Waals surface area (Å²) in [7, 11) is 2.16. The third-order valence-electron chi connectivity index (χ3n) is 5.65. The number of hydrogen-bond donors (Lipinski definition) is 1. The normalized spacial score (nSPS) is 48.0. The summed E-state index contributed by atoms with van der Waals surface area (Å²) in [6.07, 6.45) is 5.15. The molecule has 4 rings (SSSR count). The van der Waals surface area contributed by atoms with Crippen LogP contribution in [0, 0.1) is 11.8 Å². The minimum atomic E-state index is -1.17. The van der Waals surface area contributed by atoms with E-state index in [9.17, 15) is 14.7 Å². The van der Waals surface area contributed by atoms with E-state index in [-0.39, 0.29) is 11.9 Å². The van der Waals surface area contributed by atoms with Crippen LogP contribution in [0.2, 0.25) is 0 Å². The second kappa shape index (κ2) is 4.30. The number of aliphatic carboxylic acids is 1. The highest BCUT2D eigenvalue weighted by Gasteiger charge is 2.66. The number of amides is 1. The molecule has 2 bridgehead atoms. The molecule has 0 aromatic heterocycles. The van der Waals surface area contributed by atoms with Crippen LogP contribution in [0.1, 0.15) is 12.8 Å². The second-order valence-electron chi connectivity index (χ2n) is 6.87. The molecule has 0 radical (unpaired) electrons. The number of likely N-dealkylation sites (tertiary alicyclic amines) is 2. The Balaban J connectivity index is 1.60. The fourth-order valence-electron chi connectivity index (χ4n) is 4.51. The molecule has 1 N–H and O–H groups in total. The number of carbonyl (C=O) groups excluding carboxylic acids is 2. The van der Waals surface area contributed by atoms with E-state index in [1.165, 1.54) is 4.90 Å². The Morgan fingerprint density at radius 2 is 2.19 bits per heavy atom. The number of carbonyl (C=O) groups is 2. The Morgan fingerprint density at radius 3 is 2.86 bits per heavy atom. The van der Waals surface area contributed by atoms with Gasteiger partial charge in [0.1, 0.15) is 5.60 Å². The number of ether oxygens (including phenoxy) is 1. The molecule has 1 amide bonds. The minimum absolute atomic E-state index is 0.0550. The molecule has 6 heteroatoms. The lowest BCUT2D eigenvalue weighted by Crippen LogP contribution is -3.10. The first kappa shape index (κ1) is 13.3. The lowest BCUT2D eigenvalue weighted by Gasteiger charge is -2.34. The molecule has 4 aliphatic heterocycles. The van der Waals surface area contributed by atoms with E-state index < -0.39 is 29.5 Å². The zero-order valence-electron chi connectivity index (χ0n) is 12.1. The largest absolute Gasteiger partial charge is 0.550 e. The highest BCUT2D eigenvalue weighted by Crippen LogP contribution is 2.52. The van der Waals surface area contributed by atoms with Crippen molar-refractivity contribution in [1.82, 2.24) is 4.90 Å². The fourth-order valence-corrected chi connectivity index (χ4v) is 4.51. The number of rotatable bonds is 2. The van der Waals surface area contributed by atoms with Crippen molar-refractivity contribution in [1.29, 1.82) is 0 Å². The Morgan fingerprint density at radius 1 is 1.48 bits per heavy atom. The maximum atomic E-state index is 12.8. The van der Waals surface area contributed by atoms with E-state index in [2.05, 4.69) is 7.05 Å². The van der Waals surface area contributed by atoms with Crippen LogP contribution in [0.15, 0.2) is 12.2 Å². The lowest BCUT2D eigenvalue weighted by atomic mass is 9.77. The first-order valence-corrected chi connectivity index (χ1v) is 7.72. The molecule has 21 heavy (non-hydrogen) atoms. The van der Waals surface area contributed by atoms with Crippen molar-refractivity contribution in [3.63, 3.8) is 0 Å². The summed E-state index contributed by atoms with van der Waals surface area (Å²) in [6.45, 7) is 2.60. The van der Waals surface area contributed by atoms with Crippen LogP contribution >= 0.6 is 0 Å². The van der Waals surface area contributed by atoms with Gasteiger partial charge in [0.15, 0.2) is 0 Å². The molecule has 0 aromatic rings. The van der Waals surface area contributed by atoms with Gasteiger partial charge in [-0.15, -0.1) is 0 Å². The standard InChI is InChI=1S/C15H20N2O4/c1-16-6-3-9(4-7-16)17-8-15-5-2-10(21-15)11(14(19)20)12(15)13(17)18/h2,5,9-12H,3-4,6-8H2,1H3,(H,19,20)/t10-,11-,12+,15-/m0/s1. The van der Waals surface area contributed by atoms with E-state index in [0.717, 1.165) is 25.9 Å². The van der Waals surface area contributed by atoms with E-state index in [4.69, 9.17) is 4.74 Å². The molecule has 0 aromatic carbocycles. The van der Waals surface area contributed by atoms with E-state index in [1.54, 1.807) is 6.08 Å². The molecule has 1 spiro atoms. The zero-order chi connectivity index (χ0) is 14.8. The smallest absolute Gasteiger partial charge is 0.230 e. The van der Waals surface area contributed by atoms with Gasteiger partial charge in [-0.25, -0.2) is 0 Å². The molecule has 4 atom stereocenters. The Hall–Kier alpha value is -1.40. The van der Waals surface area contributed by atoms with Gasteiger partial charge in [0.25, 0.3) is 0 Å². The van der Waals surface area contributed by atoms with Gasteiger partial charge in [0.05, 0.1) is 38.7 Å². The molecule has 4 heterocycles. The number of carboxylic acid groups (broad SMARTS) is 1. The third kappa shape index (κ3) is 1.72. The summed E-state index contributed by atoms with van der Waals surface area (Å²) < 4.78 is 5.87. The first-order chi connectivity index (χ1) is 10.0. The van der Waals surface area contributed by atoms with Crippen LogP contribution in [0.3, 0.4) is 0 Å². The summed E-state index contributed by atoms with van der Waals surface area (Å²) >= 11 is 0. The van der Waals surface area contributed by atoms with E-state index in [0.29, 0.717) is 6.54 Å². The van der Waals surface area contributed by atoms with Crippen molar-refractivity contribution in [3.05, 3.63) is 12.2 Å². The number of carboxylic acids is 1. The van der Waals surface area contributed by atoms with Gasteiger partial charge in [0, 0.05) is 30.8 Å². The highest BCUT2D eigenvalue weighted by atomic mass is 16.5. The molecule has 0 unspecified atom stereocenters. The number of piperidine rings is 1. The highest BCUT2D eigenvalue weighted by molar-refractivity contribution is 5.90. The van der Waals surface area contributed by atoms with Crippen LogP contribution in [-0.2, 0) is 14.3 Å². The molecule has 4 aliphatic rings. The van der Waals surface area contributed by atoms with E-state index >= 15 is 0 Å². The quantitative estimate of drug-likeness (QED) is 0.558. The van der Waals surface area contributed by atoms with Gasteiger partial charge >= 0.3 is 0 Å². The van der Waals surface area contributed by atoms with Crippen molar-refractivity contribution in [3.8, 4) is 0 Å². The molecule has 3 saturated heterocycles. The average molecular weight is 292 g/mol. The summed E-state index contributed by atoms with van der Waals surface area (Å²) in [4.78, 5) is 27.5. The number of nitrogens with one attached hydrogen (secondary N) is 1. The van der Waals surface area contributed by atoms with Gasteiger partial charge < -0.3 is 24.4 Å². The lowest BCUT2D eigenvalue weighted by molar-refractivity contribution is -0.885. The maximum Gasteiger partial charge on any atom is 0.230 e. The SMILES string of the molecule is C[NH+]1CCC(N2C[C@]34C=C[C@H](O3)[C@H](C(=O)[O-])[C@@H]4C2=O)CC1. The number of quaternary nitrogens is 1. The summed E-state index contributed by atoms with van der Waals surface area (Å²) in [5.74, 6) is -2.64. The number of nitrogens with zero attached hydrogens (tertiary/aromatic N) is 1. The summed E-state index contributed by atoms with van der Waals surface area (Å²) in [5.41, 5.74) is -0.720. The van der Waals surface area contributed by atoms with Crippen LogP contribution < -0.4 is 10.0 Å². The molecule has 114 valence electrons. The zero-order valence-corrected chi connectivity index (χ0v) is 12.1. The Kier molecular flexibility index (Phi) is 2.72.